The molecule has 1 rings (SSSR count). The van der Waals surface area contributed by atoms with Crippen molar-refractivity contribution in [3.8, 4) is 0 Å². The van der Waals surface area contributed by atoms with Crippen LogP contribution in [0.1, 0.15) is 34.1 Å². The first-order valence-corrected chi connectivity index (χ1v) is 5.84. The van der Waals surface area contributed by atoms with Crippen LogP contribution in [0, 0.1) is 5.92 Å². The van der Waals surface area contributed by atoms with Crippen LogP contribution in [0.5, 0.6) is 0 Å². The predicted molar refractivity (Wildman–Crippen MR) is 71.3 cm³/mol. The van der Waals surface area contributed by atoms with Crippen molar-refractivity contribution in [2.75, 3.05) is 6.54 Å². The minimum Gasteiger partial charge on any atom is -0.369 e. The quantitative estimate of drug-likeness (QED) is 0.570. The average Bonchev–Trinajstić information content (AvgIpc) is 2.68. The molecule has 1 aliphatic heterocycles. The van der Waals surface area contributed by atoms with Gasteiger partial charge in [0.05, 0.1) is 0 Å². The summed E-state index contributed by atoms with van der Waals surface area (Å²) < 4.78 is 0. The van der Waals surface area contributed by atoms with E-state index >= 15 is 0 Å². The smallest absolute Gasteiger partial charge is 0.232 e. The van der Waals surface area contributed by atoms with Gasteiger partial charge in [-0.3, -0.25) is 9.59 Å². The maximum atomic E-state index is 10.6. The summed E-state index contributed by atoms with van der Waals surface area (Å²) in [6.45, 7) is 12.2. The largest absolute Gasteiger partial charge is 0.369 e. The van der Waals surface area contributed by atoms with Gasteiger partial charge < -0.3 is 11.1 Å². The molecule has 0 aromatic heterocycles. The summed E-state index contributed by atoms with van der Waals surface area (Å²) in [5.74, 6) is -1.34. The number of nitrogens with one attached hydrogen (secondary N) is 1. The van der Waals surface area contributed by atoms with E-state index in [1.54, 1.807) is 0 Å². The number of amides is 2. The van der Waals surface area contributed by atoms with E-state index in [2.05, 4.69) is 11.9 Å². The highest BCUT2D eigenvalue weighted by Crippen LogP contribution is 2.06. The molecule has 0 spiro atoms. The average molecular weight is 240 g/mol. The topological polar surface area (TPSA) is 72.2 Å². The summed E-state index contributed by atoms with van der Waals surface area (Å²) in [4.78, 5) is 21.0. The van der Waals surface area contributed by atoms with Crippen LogP contribution >= 0.6 is 0 Å². The van der Waals surface area contributed by atoms with Crippen molar-refractivity contribution in [1.82, 2.24) is 5.32 Å². The van der Waals surface area contributed by atoms with Gasteiger partial charge in [0, 0.05) is 6.54 Å². The van der Waals surface area contributed by atoms with Crippen LogP contribution in [0.4, 0.5) is 0 Å². The van der Waals surface area contributed by atoms with Crippen molar-refractivity contribution in [3.05, 3.63) is 24.3 Å². The van der Waals surface area contributed by atoms with Gasteiger partial charge in [0.2, 0.25) is 11.8 Å². The molecule has 1 fully saturated rings. The Morgan fingerprint density at radius 2 is 2.06 bits per heavy atom. The highest BCUT2D eigenvalue weighted by molar-refractivity contribution is 6.00. The molecular formula is C13H24N2O2. The molecule has 0 aromatic rings. The monoisotopic (exact) mass is 240 g/mol. The van der Waals surface area contributed by atoms with Crippen LogP contribution in [0.25, 0.3) is 0 Å². The highest BCUT2D eigenvalue weighted by Gasteiger charge is 2.28. The van der Waals surface area contributed by atoms with E-state index in [0.717, 1.165) is 5.57 Å². The molecule has 0 bridgehead atoms. The second-order valence-electron chi connectivity index (χ2n) is 3.38. The maximum absolute atomic E-state index is 10.6. The molecule has 1 saturated heterocycles. The minimum atomic E-state index is -0.579. The fraction of sp³-hybridized carbons (Fsp3) is 0.538. The number of carbonyl (C=O) groups is 2. The second-order valence-corrected chi connectivity index (χ2v) is 3.38. The minimum absolute atomic E-state index is 0.234. The summed E-state index contributed by atoms with van der Waals surface area (Å²) in [6, 6.07) is 0. The van der Waals surface area contributed by atoms with E-state index in [1.165, 1.54) is 0 Å². The Kier molecular flexibility index (Phi) is 11.4. The molecule has 0 saturated carbocycles. The fourth-order valence-corrected chi connectivity index (χ4v) is 1.15. The first kappa shape index (κ1) is 17.8. The van der Waals surface area contributed by atoms with Crippen molar-refractivity contribution >= 4 is 11.8 Å². The third kappa shape index (κ3) is 9.35. The third-order valence-corrected chi connectivity index (χ3v) is 1.84. The van der Waals surface area contributed by atoms with E-state index in [1.807, 2.05) is 39.8 Å². The molecule has 3 N–H and O–H groups in total. The van der Waals surface area contributed by atoms with Crippen LogP contribution < -0.4 is 11.1 Å². The van der Waals surface area contributed by atoms with Gasteiger partial charge in [-0.2, -0.15) is 0 Å². The zero-order valence-corrected chi connectivity index (χ0v) is 11.2. The zero-order valence-electron chi connectivity index (χ0n) is 11.2. The van der Waals surface area contributed by atoms with Gasteiger partial charge in [-0.05, 0) is 20.3 Å². The number of hydrogen-bond acceptors (Lipinski definition) is 2. The molecule has 0 aromatic carbocycles. The molecule has 98 valence electrons. The van der Waals surface area contributed by atoms with Gasteiger partial charge in [0.15, 0.2) is 0 Å². The van der Waals surface area contributed by atoms with Crippen LogP contribution in [0.15, 0.2) is 24.3 Å². The lowest BCUT2D eigenvalue weighted by molar-refractivity contribution is -0.131. The van der Waals surface area contributed by atoms with E-state index in [9.17, 15) is 9.59 Å². The highest BCUT2D eigenvalue weighted by atomic mass is 16.2. The third-order valence-electron chi connectivity index (χ3n) is 1.84. The number of carbonyl (C=O) groups excluding carboxylic acids is 2. The summed E-state index contributed by atoms with van der Waals surface area (Å²) in [6.07, 6.45) is 4.50. The molecule has 2 amide bonds. The predicted octanol–water partition coefficient (Wildman–Crippen LogP) is 1.77. The first-order chi connectivity index (χ1) is 7.99. The SMILES string of the molecule is C=C(C)/C=C\C.CC.NC(=O)[C@@H]1CCNC1=O. The fourth-order valence-electron chi connectivity index (χ4n) is 1.15. The lowest BCUT2D eigenvalue weighted by atomic mass is 10.1. The second kappa shape index (κ2) is 10.9. The molecule has 4 heteroatoms. The molecule has 4 nitrogen and oxygen atoms in total. The van der Waals surface area contributed by atoms with E-state index in [-0.39, 0.29) is 5.91 Å². The Morgan fingerprint density at radius 1 is 1.53 bits per heavy atom. The molecule has 0 unspecified atom stereocenters. The summed E-state index contributed by atoms with van der Waals surface area (Å²) in [5.41, 5.74) is 6.00. The van der Waals surface area contributed by atoms with Gasteiger partial charge in [-0.1, -0.05) is 38.2 Å². The van der Waals surface area contributed by atoms with E-state index in [0.29, 0.717) is 13.0 Å². The molecule has 1 aliphatic rings. The Hall–Kier alpha value is -1.58. The lowest BCUT2D eigenvalue weighted by Crippen LogP contribution is -2.30. The van der Waals surface area contributed by atoms with Crippen LogP contribution in [-0.4, -0.2) is 18.4 Å². The van der Waals surface area contributed by atoms with Crippen molar-refractivity contribution < 1.29 is 9.59 Å². The molecule has 0 radical (unpaired) electrons. The molecular weight excluding hydrogens is 216 g/mol. The Morgan fingerprint density at radius 3 is 2.18 bits per heavy atom. The lowest BCUT2D eigenvalue weighted by Gasteiger charge is -1.96. The van der Waals surface area contributed by atoms with Crippen LogP contribution in [0.2, 0.25) is 0 Å². The van der Waals surface area contributed by atoms with Gasteiger partial charge >= 0.3 is 0 Å². The van der Waals surface area contributed by atoms with Crippen molar-refractivity contribution in [3.63, 3.8) is 0 Å². The Balaban J connectivity index is 0. The van der Waals surface area contributed by atoms with E-state index < -0.39 is 11.8 Å². The van der Waals surface area contributed by atoms with Gasteiger partial charge in [-0.25, -0.2) is 0 Å². The molecule has 0 aliphatic carbocycles. The first-order valence-electron chi connectivity index (χ1n) is 5.84. The summed E-state index contributed by atoms with van der Waals surface area (Å²) >= 11 is 0. The van der Waals surface area contributed by atoms with Crippen molar-refractivity contribution in [1.29, 1.82) is 0 Å². The van der Waals surface area contributed by atoms with Crippen LogP contribution in [0.3, 0.4) is 0 Å². The summed E-state index contributed by atoms with van der Waals surface area (Å²) in [5, 5.41) is 2.51. The van der Waals surface area contributed by atoms with Gasteiger partial charge in [0.25, 0.3) is 0 Å². The normalized spacial score (nSPS) is 17.4. The van der Waals surface area contributed by atoms with Crippen molar-refractivity contribution in [2.45, 2.75) is 34.1 Å². The molecule has 1 atom stereocenters. The Labute approximate surface area is 104 Å². The number of primary amides is 1. The van der Waals surface area contributed by atoms with E-state index in [4.69, 9.17) is 5.73 Å². The standard InChI is InChI=1S/C6H10.C5H8N2O2.C2H6/c1-4-5-6(2)3;6-4(8)3-1-2-7-5(3)9;1-2/h4-5H,2H2,1,3H3;3H,1-2H2,(H2,6,8)(H,7,9);1-2H3/b5-4-;;/t;3-;/m.0./s1. The van der Waals surface area contributed by atoms with Gasteiger partial charge in [-0.15, -0.1) is 0 Å². The molecule has 17 heavy (non-hydrogen) atoms. The maximum Gasteiger partial charge on any atom is 0.232 e. The van der Waals surface area contributed by atoms with Crippen LogP contribution in [-0.2, 0) is 9.59 Å². The molecule has 1 heterocycles. The number of rotatable bonds is 2. The number of nitrogens with two attached hydrogens (primary N) is 1. The zero-order chi connectivity index (χ0) is 13.8. The van der Waals surface area contributed by atoms with Crippen molar-refractivity contribution in [2.24, 2.45) is 11.7 Å². The number of hydrogen-bond donors (Lipinski definition) is 2. The van der Waals surface area contributed by atoms with Gasteiger partial charge in [0.1, 0.15) is 5.92 Å². The summed E-state index contributed by atoms with van der Waals surface area (Å²) in [7, 11) is 0. The number of allylic oxidation sites excluding steroid dienone is 3. The Bertz CT molecular complexity index is 283.